The van der Waals surface area contributed by atoms with Crippen molar-refractivity contribution < 1.29 is 30.0 Å². The fourth-order valence-corrected chi connectivity index (χ4v) is 4.63. The van der Waals surface area contributed by atoms with Crippen LogP contribution in [0.25, 0.3) is 31.9 Å². The van der Waals surface area contributed by atoms with Gasteiger partial charge in [-0.15, -0.1) is 46.2 Å². The number of carbonyl (C=O) groups excluding carboxylic acids is 1. The Bertz CT molecular complexity index is 1240. The van der Waals surface area contributed by atoms with Crippen LogP contribution in [0.5, 0.6) is 0 Å². The van der Waals surface area contributed by atoms with Crippen molar-refractivity contribution in [3.05, 3.63) is 89.2 Å². The maximum absolute atomic E-state index is 10.0. The van der Waals surface area contributed by atoms with E-state index in [2.05, 4.69) is 81.4 Å². The molecule has 2 heterocycles. The van der Waals surface area contributed by atoms with Gasteiger partial charge in [-0.1, -0.05) is 56.3 Å². The van der Waals surface area contributed by atoms with Crippen LogP contribution in [-0.2, 0) is 24.9 Å². The van der Waals surface area contributed by atoms with Crippen LogP contribution in [0.3, 0.4) is 0 Å². The van der Waals surface area contributed by atoms with Gasteiger partial charge in [0.05, 0.1) is 5.76 Å². The molecular formula is C27H26IrNO2S-. The zero-order chi connectivity index (χ0) is 22.5. The van der Waals surface area contributed by atoms with Crippen LogP contribution < -0.4 is 0 Å². The summed E-state index contributed by atoms with van der Waals surface area (Å²) >= 11 is 1.77. The number of pyridine rings is 1. The number of aryl methyl sites for hydroxylation is 3. The van der Waals surface area contributed by atoms with Crippen molar-refractivity contribution in [2.75, 3.05) is 0 Å². The van der Waals surface area contributed by atoms with Gasteiger partial charge in [-0.05, 0) is 37.6 Å². The molecule has 3 nitrogen and oxygen atoms in total. The molecule has 0 unspecified atom stereocenters. The summed E-state index contributed by atoms with van der Waals surface area (Å²) in [5, 5.41) is 9.61. The maximum atomic E-state index is 10.0. The second kappa shape index (κ2) is 11.3. The second-order valence-corrected chi connectivity index (χ2v) is 8.62. The number of thiophene rings is 1. The molecule has 0 saturated heterocycles. The molecular weight excluding hydrogens is 595 g/mol. The normalized spacial score (nSPS) is 10.8. The predicted octanol–water partition coefficient (Wildman–Crippen LogP) is 7.39. The van der Waals surface area contributed by atoms with Crippen LogP contribution in [0.2, 0.25) is 0 Å². The number of nitrogens with zero attached hydrogens (tertiary/aromatic N) is 1. The maximum Gasteiger partial charge on any atom is 0.155 e. The third kappa shape index (κ3) is 6.46. The summed E-state index contributed by atoms with van der Waals surface area (Å²) in [6.45, 7) is 9.23. The van der Waals surface area contributed by atoms with Crippen molar-refractivity contribution in [2.45, 2.75) is 34.6 Å². The third-order valence-corrected chi connectivity index (χ3v) is 5.93. The van der Waals surface area contributed by atoms with Crippen molar-refractivity contribution in [1.82, 2.24) is 4.98 Å². The van der Waals surface area contributed by atoms with Gasteiger partial charge in [0.15, 0.2) is 5.78 Å². The predicted molar refractivity (Wildman–Crippen MR) is 131 cm³/mol. The van der Waals surface area contributed by atoms with Gasteiger partial charge in [0.25, 0.3) is 0 Å². The Morgan fingerprint density at radius 3 is 2.28 bits per heavy atom. The molecule has 0 saturated carbocycles. The number of aliphatic hydroxyl groups excluding tert-OH is 1. The third-order valence-electron chi connectivity index (χ3n) is 4.68. The van der Waals surface area contributed by atoms with Crippen LogP contribution in [0.4, 0.5) is 0 Å². The largest absolute Gasteiger partial charge is 0.512 e. The average molecular weight is 621 g/mol. The minimum Gasteiger partial charge on any atom is -0.512 e. The summed E-state index contributed by atoms with van der Waals surface area (Å²) in [5.41, 5.74) is 7.04. The Kier molecular flexibility index (Phi) is 9.09. The van der Waals surface area contributed by atoms with Crippen molar-refractivity contribution in [3.63, 3.8) is 0 Å². The van der Waals surface area contributed by atoms with E-state index < -0.39 is 0 Å². The van der Waals surface area contributed by atoms with Gasteiger partial charge in [-0.3, -0.25) is 9.78 Å². The van der Waals surface area contributed by atoms with E-state index in [1.54, 1.807) is 11.3 Å². The standard InChI is InChI=1S/C22H18NS.C5H8O2.Ir/c1-14-11-15(2)13-18(12-14)20-10-9-19-16(3)21(24-22(19)23-20)17-7-5-4-6-8-17;1-4(6)3-5(2)7;/h4-12H,1-3H3;3,6H,1-2H3;/q-1;;/b;4-3-;. The molecule has 0 bridgehead atoms. The minimum absolute atomic E-state index is 0. The number of aromatic nitrogens is 1. The number of allylic oxidation sites excluding steroid dienone is 2. The molecule has 2 aromatic carbocycles. The molecule has 32 heavy (non-hydrogen) atoms. The monoisotopic (exact) mass is 621 g/mol. The van der Waals surface area contributed by atoms with E-state index in [0.29, 0.717) is 0 Å². The fraction of sp³-hybridized carbons (Fsp3) is 0.185. The number of rotatable bonds is 3. The van der Waals surface area contributed by atoms with Crippen LogP contribution in [0.15, 0.2) is 66.4 Å². The summed E-state index contributed by atoms with van der Waals surface area (Å²) in [4.78, 5) is 17.3. The van der Waals surface area contributed by atoms with Crippen LogP contribution in [0.1, 0.15) is 30.5 Å². The summed E-state index contributed by atoms with van der Waals surface area (Å²) in [7, 11) is 0. The van der Waals surface area contributed by atoms with E-state index in [9.17, 15) is 4.79 Å². The summed E-state index contributed by atoms with van der Waals surface area (Å²) in [5.74, 6) is -0.0625. The summed E-state index contributed by atoms with van der Waals surface area (Å²) in [6.07, 6.45) is 1.17. The smallest absolute Gasteiger partial charge is 0.155 e. The molecule has 1 N–H and O–H groups in total. The average Bonchev–Trinajstić information content (AvgIpc) is 3.03. The van der Waals surface area contributed by atoms with E-state index >= 15 is 0 Å². The number of benzene rings is 2. The van der Waals surface area contributed by atoms with Gasteiger partial charge in [-0.2, -0.15) is 0 Å². The molecule has 0 aliphatic carbocycles. The van der Waals surface area contributed by atoms with Gasteiger partial charge in [0.2, 0.25) is 0 Å². The number of hydrogen-bond donors (Lipinski definition) is 1. The SMILES string of the molecule is CC(=O)/C=C(/C)O.Cc1[c-]c(-c2ccc3c(C)c(-c4ccccc4)sc3n2)cc(C)c1.[Ir]. The van der Waals surface area contributed by atoms with Gasteiger partial charge in [0, 0.05) is 36.4 Å². The molecule has 0 spiro atoms. The van der Waals surface area contributed by atoms with E-state index in [1.807, 2.05) is 0 Å². The molecule has 0 atom stereocenters. The zero-order valence-electron chi connectivity index (χ0n) is 18.8. The van der Waals surface area contributed by atoms with Crippen LogP contribution in [0, 0.1) is 26.8 Å². The Morgan fingerprint density at radius 1 is 1.03 bits per heavy atom. The molecule has 0 fully saturated rings. The van der Waals surface area contributed by atoms with Crippen molar-refractivity contribution >= 4 is 27.3 Å². The van der Waals surface area contributed by atoms with E-state index in [-0.39, 0.29) is 31.6 Å². The summed E-state index contributed by atoms with van der Waals surface area (Å²) < 4.78 is 0. The molecule has 167 valence electrons. The number of hydrogen-bond acceptors (Lipinski definition) is 4. The van der Waals surface area contributed by atoms with Gasteiger partial charge >= 0.3 is 0 Å². The Balaban J connectivity index is 0.000000398. The van der Waals surface area contributed by atoms with E-state index in [1.165, 1.54) is 46.9 Å². The first-order chi connectivity index (χ1) is 14.7. The minimum atomic E-state index is -0.125. The van der Waals surface area contributed by atoms with Gasteiger partial charge < -0.3 is 5.11 Å². The number of carbonyl (C=O) groups is 1. The Labute approximate surface area is 207 Å². The summed E-state index contributed by atoms with van der Waals surface area (Å²) in [6, 6.07) is 22.6. The number of fused-ring (bicyclic) bond motifs is 1. The molecule has 0 aliphatic rings. The van der Waals surface area contributed by atoms with Crippen LogP contribution >= 0.6 is 11.3 Å². The topological polar surface area (TPSA) is 50.2 Å². The molecule has 4 aromatic rings. The fourth-order valence-electron chi connectivity index (χ4n) is 3.44. The van der Waals surface area contributed by atoms with E-state index in [4.69, 9.17) is 10.1 Å². The first-order valence-electron chi connectivity index (χ1n) is 10.1. The van der Waals surface area contributed by atoms with E-state index in [0.717, 1.165) is 21.7 Å². The quantitative estimate of drug-likeness (QED) is 0.148. The molecule has 2 aromatic heterocycles. The van der Waals surface area contributed by atoms with Crippen molar-refractivity contribution in [1.29, 1.82) is 0 Å². The second-order valence-electron chi connectivity index (χ2n) is 7.62. The Morgan fingerprint density at radius 2 is 1.72 bits per heavy atom. The van der Waals surface area contributed by atoms with Gasteiger partial charge in [0.1, 0.15) is 4.83 Å². The molecule has 0 amide bonds. The number of aliphatic hydroxyl groups is 1. The zero-order valence-corrected chi connectivity index (χ0v) is 22.0. The molecule has 4 rings (SSSR count). The molecule has 0 aliphatic heterocycles. The molecule has 5 heteroatoms. The van der Waals surface area contributed by atoms with Crippen LogP contribution in [-0.4, -0.2) is 15.9 Å². The molecule has 1 radical (unpaired) electrons. The number of ketones is 1. The van der Waals surface area contributed by atoms with Crippen molar-refractivity contribution in [2.24, 2.45) is 0 Å². The van der Waals surface area contributed by atoms with Crippen molar-refractivity contribution in [3.8, 4) is 21.7 Å². The first-order valence-corrected chi connectivity index (χ1v) is 10.9. The Hall–Kier alpha value is -2.59. The van der Waals surface area contributed by atoms with Gasteiger partial charge in [-0.25, -0.2) is 0 Å². The first kappa shape index (κ1) is 25.7.